The number of hydrogen-bond donors (Lipinski definition) is 2. The van der Waals surface area contributed by atoms with Gasteiger partial charge in [0.1, 0.15) is 17.8 Å². The lowest BCUT2D eigenvalue weighted by molar-refractivity contribution is -0.384. The summed E-state index contributed by atoms with van der Waals surface area (Å²) in [6, 6.07) is 21.3. The molecule has 0 spiro atoms. The number of amides is 1. The van der Waals surface area contributed by atoms with Gasteiger partial charge in [-0.15, -0.1) is 12.6 Å². The number of benzene rings is 3. The number of non-ortho nitro benzene ring substituents is 1. The minimum Gasteiger partial charge on any atom is -0.327 e. The van der Waals surface area contributed by atoms with Crippen LogP contribution in [0.15, 0.2) is 77.3 Å². The van der Waals surface area contributed by atoms with E-state index in [4.69, 9.17) is 0 Å². The van der Waals surface area contributed by atoms with E-state index < -0.39 is 17.0 Å². The van der Waals surface area contributed by atoms with Gasteiger partial charge in [-0.05, 0) is 29.1 Å². The van der Waals surface area contributed by atoms with E-state index in [1.54, 1.807) is 17.0 Å². The van der Waals surface area contributed by atoms with Crippen molar-refractivity contribution < 1.29 is 9.72 Å². The van der Waals surface area contributed by atoms with Gasteiger partial charge in [0.15, 0.2) is 0 Å². The van der Waals surface area contributed by atoms with Crippen molar-refractivity contribution in [2.75, 3.05) is 4.90 Å². The van der Waals surface area contributed by atoms with Crippen LogP contribution >= 0.6 is 12.6 Å². The van der Waals surface area contributed by atoms with Crippen LogP contribution < -0.4 is 10.2 Å². The molecule has 0 fully saturated rings. The molecule has 0 bridgehead atoms. The minimum absolute atomic E-state index is 0.0491. The second-order valence-electron chi connectivity index (χ2n) is 6.40. The van der Waals surface area contributed by atoms with Crippen molar-refractivity contribution in [3.63, 3.8) is 0 Å². The van der Waals surface area contributed by atoms with E-state index in [1.165, 1.54) is 12.1 Å². The highest BCUT2D eigenvalue weighted by atomic mass is 32.1. The lowest BCUT2D eigenvalue weighted by atomic mass is 10.0. The fourth-order valence-corrected chi connectivity index (χ4v) is 3.76. The maximum Gasteiger partial charge on any atom is 0.269 e. The summed E-state index contributed by atoms with van der Waals surface area (Å²) in [6.45, 7) is 0. The molecule has 1 aliphatic heterocycles. The second-order valence-corrected chi connectivity index (χ2v) is 6.83. The number of nitriles is 1. The third-order valence-corrected chi connectivity index (χ3v) is 5.20. The first-order chi connectivity index (χ1) is 14.0. The predicted molar refractivity (Wildman–Crippen MR) is 112 cm³/mol. The fraction of sp³-hybridized carbons (Fsp3) is 0.0476. The van der Waals surface area contributed by atoms with Gasteiger partial charge in [-0.1, -0.05) is 36.4 Å². The van der Waals surface area contributed by atoms with Crippen molar-refractivity contribution in [1.29, 1.82) is 5.26 Å². The number of nitro benzene ring substituents is 1. The number of nitrogens with one attached hydrogen (secondary N) is 1. The van der Waals surface area contributed by atoms with Gasteiger partial charge in [0.05, 0.1) is 15.6 Å². The zero-order chi connectivity index (χ0) is 20.5. The van der Waals surface area contributed by atoms with E-state index in [2.05, 4.69) is 17.9 Å². The SMILES string of the molecule is N#CC1=C(S)N(c2cccc3ccccc23)C(c2ccc([N+](=O)[O-])cc2)NC1=O. The normalized spacial score (nSPS) is 16.5. The van der Waals surface area contributed by atoms with Gasteiger partial charge < -0.3 is 10.2 Å². The summed E-state index contributed by atoms with van der Waals surface area (Å²) < 4.78 is 0. The summed E-state index contributed by atoms with van der Waals surface area (Å²) in [5, 5.41) is 25.4. The van der Waals surface area contributed by atoms with Crippen molar-refractivity contribution in [3.05, 3.63) is 93.0 Å². The van der Waals surface area contributed by atoms with Gasteiger partial charge in [0, 0.05) is 17.5 Å². The lowest BCUT2D eigenvalue weighted by Crippen LogP contribution is -2.46. The van der Waals surface area contributed by atoms with Gasteiger partial charge >= 0.3 is 0 Å². The zero-order valence-corrected chi connectivity index (χ0v) is 15.8. The Hall–Kier alpha value is -3.83. The van der Waals surface area contributed by atoms with Gasteiger partial charge in [0.2, 0.25) is 0 Å². The Morgan fingerprint density at radius 1 is 1.07 bits per heavy atom. The quantitative estimate of drug-likeness (QED) is 0.391. The molecule has 4 rings (SSSR count). The van der Waals surface area contributed by atoms with E-state index in [-0.39, 0.29) is 16.3 Å². The van der Waals surface area contributed by atoms with E-state index in [1.807, 2.05) is 48.5 Å². The molecule has 3 aromatic carbocycles. The van der Waals surface area contributed by atoms with Crippen molar-refractivity contribution in [1.82, 2.24) is 5.32 Å². The fourth-order valence-electron chi connectivity index (χ4n) is 3.39. The average molecular weight is 402 g/mol. The predicted octanol–water partition coefficient (Wildman–Crippen LogP) is 4.05. The average Bonchev–Trinajstić information content (AvgIpc) is 2.73. The molecule has 0 radical (unpaired) electrons. The molecule has 1 amide bonds. The molecule has 1 atom stereocenters. The highest BCUT2D eigenvalue weighted by Gasteiger charge is 2.34. The molecular formula is C21H14N4O3S. The number of thiol groups is 1. The molecule has 1 N–H and O–H groups in total. The first-order valence-corrected chi connectivity index (χ1v) is 9.11. The monoisotopic (exact) mass is 402 g/mol. The molecule has 142 valence electrons. The van der Waals surface area contributed by atoms with E-state index in [9.17, 15) is 20.2 Å². The Morgan fingerprint density at radius 3 is 2.45 bits per heavy atom. The van der Waals surface area contributed by atoms with E-state index >= 15 is 0 Å². The van der Waals surface area contributed by atoms with Crippen LogP contribution in [-0.2, 0) is 4.79 Å². The molecular weight excluding hydrogens is 388 g/mol. The highest BCUT2D eigenvalue weighted by Crippen LogP contribution is 2.39. The first kappa shape index (κ1) is 18.5. The van der Waals surface area contributed by atoms with Gasteiger partial charge in [-0.25, -0.2) is 0 Å². The summed E-state index contributed by atoms with van der Waals surface area (Å²) in [6.07, 6.45) is -0.682. The first-order valence-electron chi connectivity index (χ1n) is 8.67. The molecule has 0 aliphatic carbocycles. The number of nitrogens with zero attached hydrogens (tertiary/aromatic N) is 3. The molecule has 29 heavy (non-hydrogen) atoms. The zero-order valence-electron chi connectivity index (χ0n) is 14.9. The van der Waals surface area contributed by atoms with Crippen LogP contribution in [0, 0.1) is 21.4 Å². The molecule has 0 aromatic heterocycles. The van der Waals surface area contributed by atoms with Crippen LogP contribution in [0.1, 0.15) is 11.7 Å². The maximum absolute atomic E-state index is 12.5. The third-order valence-electron chi connectivity index (χ3n) is 4.76. The number of carbonyl (C=O) groups excluding carboxylic acids is 1. The Kier molecular flexibility index (Phi) is 4.66. The number of carbonyl (C=O) groups is 1. The van der Waals surface area contributed by atoms with Gasteiger partial charge in [-0.2, -0.15) is 5.26 Å². The largest absolute Gasteiger partial charge is 0.327 e. The molecule has 1 heterocycles. The van der Waals surface area contributed by atoms with Crippen LogP contribution in [0.5, 0.6) is 0 Å². The summed E-state index contributed by atoms with van der Waals surface area (Å²) >= 11 is 4.50. The van der Waals surface area contributed by atoms with Crippen molar-refractivity contribution in [2.45, 2.75) is 6.17 Å². The summed E-state index contributed by atoms with van der Waals surface area (Å²) in [4.78, 5) is 24.7. The van der Waals surface area contributed by atoms with Crippen LogP contribution in [-0.4, -0.2) is 10.8 Å². The second kappa shape index (κ2) is 7.30. The molecule has 0 saturated carbocycles. The number of rotatable bonds is 3. The summed E-state index contributed by atoms with van der Waals surface area (Å²) in [5.41, 5.74) is 1.23. The van der Waals surface area contributed by atoms with Crippen molar-refractivity contribution in [3.8, 4) is 6.07 Å². The summed E-state index contributed by atoms with van der Waals surface area (Å²) in [7, 11) is 0. The van der Waals surface area contributed by atoms with Gasteiger partial charge in [-0.3, -0.25) is 14.9 Å². The topological polar surface area (TPSA) is 99.3 Å². The number of hydrogen-bond acceptors (Lipinski definition) is 6. The van der Waals surface area contributed by atoms with Crippen molar-refractivity contribution >= 4 is 40.7 Å². The van der Waals surface area contributed by atoms with E-state index in [0.717, 1.165) is 16.5 Å². The smallest absolute Gasteiger partial charge is 0.269 e. The molecule has 3 aromatic rings. The Balaban J connectivity index is 1.92. The molecule has 8 heteroatoms. The van der Waals surface area contributed by atoms with Crippen LogP contribution in [0.3, 0.4) is 0 Å². The molecule has 0 saturated heterocycles. The van der Waals surface area contributed by atoms with Crippen LogP contribution in [0.25, 0.3) is 10.8 Å². The van der Waals surface area contributed by atoms with Gasteiger partial charge in [0.25, 0.3) is 11.6 Å². The lowest BCUT2D eigenvalue weighted by Gasteiger charge is -2.38. The standard InChI is InChI=1S/C21H14N4O3S/c22-12-17-20(26)23-19(14-8-10-15(11-9-14)25(27)28)24(21(17)29)18-7-3-5-13-4-1-2-6-16(13)18/h1-11,19,29H,(H,23,26). The molecule has 7 nitrogen and oxygen atoms in total. The van der Waals surface area contributed by atoms with E-state index in [0.29, 0.717) is 5.56 Å². The van der Waals surface area contributed by atoms with Crippen LogP contribution in [0.2, 0.25) is 0 Å². The number of anilines is 1. The van der Waals surface area contributed by atoms with Crippen LogP contribution in [0.4, 0.5) is 11.4 Å². The highest BCUT2D eigenvalue weighted by molar-refractivity contribution is 7.84. The molecule has 1 aliphatic rings. The number of fused-ring (bicyclic) bond motifs is 1. The third kappa shape index (κ3) is 3.17. The van der Waals surface area contributed by atoms with Crippen molar-refractivity contribution in [2.24, 2.45) is 0 Å². The number of nitro groups is 1. The Labute approximate surface area is 171 Å². The molecule has 1 unspecified atom stereocenters. The minimum atomic E-state index is -0.682. The maximum atomic E-state index is 12.5. The summed E-state index contributed by atoms with van der Waals surface area (Å²) in [5.74, 6) is -0.544. The Morgan fingerprint density at radius 2 is 1.76 bits per heavy atom. The Bertz CT molecular complexity index is 1210.